The predicted octanol–water partition coefficient (Wildman–Crippen LogP) is 3.11. The van der Waals surface area contributed by atoms with E-state index < -0.39 is 0 Å². The molecule has 0 unspecified atom stereocenters. The second kappa shape index (κ2) is 8.55. The fraction of sp³-hybridized carbons (Fsp3) is 0.263. The van der Waals surface area contributed by atoms with Gasteiger partial charge in [-0.15, -0.1) is 11.8 Å². The number of hydrogen-bond donors (Lipinski definition) is 1. The molecule has 0 aromatic heterocycles. The van der Waals surface area contributed by atoms with Crippen molar-refractivity contribution in [2.45, 2.75) is 18.4 Å². The van der Waals surface area contributed by atoms with Crippen molar-refractivity contribution in [1.29, 1.82) is 0 Å². The first-order chi connectivity index (χ1) is 11.5. The number of thioether (sulfide) groups is 1. The largest absolute Gasteiger partial charge is 0.355 e. The van der Waals surface area contributed by atoms with Gasteiger partial charge >= 0.3 is 0 Å². The van der Waals surface area contributed by atoms with Crippen LogP contribution in [0.5, 0.6) is 0 Å². The highest BCUT2D eigenvalue weighted by Gasteiger charge is 2.11. The lowest BCUT2D eigenvalue weighted by Gasteiger charge is -2.17. The van der Waals surface area contributed by atoms with Gasteiger partial charge in [0.25, 0.3) is 5.91 Å². The molecular weight excluding hydrogens is 320 g/mol. The molecule has 0 aliphatic heterocycles. The normalized spacial score (nSPS) is 10.3. The number of rotatable bonds is 6. The molecule has 0 heterocycles. The number of nitrogens with zero attached hydrogens (tertiary/aromatic N) is 1. The molecule has 2 aromatic carbocycles. The standard InChI is InChI=1S/C19H22N2O2S/c1-14-6-4-5-7-17(14)24-13-18(22)21(3)12-15-8-10-16(11-9-15)19(23)20-2/h4-11H,12-13H2,1-3H3,(H,20,23). The van der Waals surface area contributed by atoms with Gasteiger partial charge in [-0.05, 0) is 36.2 Å². The maximum atomic E-state index is 12.3. The summed E-state index contributed by atoms with van der Waals surface area (Å²) in [6.45, 7) is 2.58. The van der Waals surface area contributed by atoms with Crippen LogP contribution in [0, 0.1) is 6.92 Å². The molecule has 5 heteroatoms. The summed E-state index contributed by atoms with van der Waals surface area (Å²) >= 11 is 1.56. The fourth-order valence-corrected chi connectivity index (χ4v) is 3.21. The fourth-order valence-electron chi connectivity index (χ4n) is 2.24. The zero-order valence-electron chi connectivity index (χ0n) is 14.2. The summed E-state index contributed by atoms with van der Waals surface area (Å²) in [5.74, 6) is 0.386. The van der Waals surface area contributed by atoms with Crippen LogP contribution in [0.25, 0.3) is 0 Å². The van der Waals surface area contributed by atoms with Crippen LogP contribution in [0.2, 0.25) is 0 Å². The Balaban J connectivity index is 1.89. The molecule has 4 nitrogen and oxygen atoms in total. The summed E-state index contributed by atoms with van der Waals surface area (Å²) in [4.78, 5) is 26.7. The molecular formula is C19H22N2O2S. The van der Waals surface area contributed by atoms with Gasteiger partial charge in [0.1, 0.15) is 0 Å². The zero-order chi connectivity index (χ0) is 17.5. The maximum Gasteiger partial charge on any atom is 0.251 e. The Bertz CT molecular complexity index is 714. The van der Waals surface area contributed by atoms with Gasteiger partial charge in [0.15, 0.2) is 0 Å². The van der Waals surface area contributed by atoms with E-state index in [1.54, 1.807) is 42.9 Å². The Morgan fingerprint density at radius 2 is 1.75 bits per heavy atom. The molecule has 0 aliphatic rings. The van der Waals surface area contributed by atoms with Crippen LogP contribution < -0.4 is 5.32 Å². The second-order valence-electron chi connectivity index (χ2n) is 5.58. The number of benzene rings is 2. The van der Waals surface area contributed by atoms with Gasteiger partial charge in [0.2, 0.25) is 5.91 Å². The molecule has 24 heavy (non-hydrogen) atoms. The molecule has 0 radical (unpaired) electrons. The Morgan fingerprint density at radius 3 is 2.38 bits per heavy atom. The highest BCUT2D eigenvalue weighted by Crippen LogP contribution is 2.22. The van der Waals surface area contributed by atoms with Crippen molar-refractivity contribution < 1.29 is 9.59 Å². The van der Waals surface area contributed by atoms with Crippen molar-refractivity contribution >= 4 is 23.6 Å². The van der Waals surface area contributed by atoms with Gasteiger partial charge in [-0.25, -0.2) is 0 Å². The van der Waals surface area contributed by atoms with Crippen LogP contribution in [0.4, 0.5) is 0 Å². The van der Waals surface area contributed by atoms with Gasteiger partial charge in [0.05, 0.1) is 5.75 Å². The lowest BCUT2D eigenvalue weighted by atomic mass is 10.1. The van der Waals surface area contributed by atoms with Crippen molar-refractivity contribution in [3.8, 4) is 0 Å². The monoisotopic (exact) mass is 342 g/mol. The molecule has 0 atom stereocenters. The molecule has 0 bridgehead atoms. The zero-order valence-corrected chi connectivity index (χ0v) is 15.0. The van der Waals surface area contributed by atoms with Crippen LogP contribution in [-0.2, 0) is 11.3 Å². The molecule has 0 saturated carbocycles. The minimum absolute atomic E-state index is 0.0821. The van der Waals surface area contributed by atoms with Crippen molar-refractivity contribution in [1.82, 2.24) is 10.2 Å². The predicted molar refractivity (Wildman–Crippen MR) is 98.2 cm³/mol. The van der Waals surface area contributed by atoms with Gasteiger partial charge in [-0.3, -0.25) is 9.59 Å². The third kappa shape index (κ3) is 4.86. The minimum Gasteiger partial charge on any atom is -0.355 e. The molecule has 0 spiro atoms. The highest BCUT2D eigenvalue weighted by molar-refractivity contribution is 8.00. The molecule has 2 amide bonds. The summed E-state index contributed by atoms with van der Waals surface area (Å²) in [5, 5.41) is 2.59. The number of nitrogens with one attached hydrogen (secondary N) is 1. The first-order valence-corrected chi connectivity index (χ1v) is 8.73. The van der Waals surface area contributed by atoms with Gasteiger partial charge in [-0.2, -0.15) is 0 Å². The summed E-state index contributed by atoms with van der Waals surface area (Å²) in [6.07, 6.45) is 0. The topological polar surface area (TPSA) is 49.4 Å². The summed E-state index contributed by atoms with van der Waals surface area (Å²) in [5.41, 5.74) is 2.80. The molecule has 1 N–H and O–H groups in total. The molecule has 126 valence electrons. The van der Waals surface area contributed by atoms with Crippen molar-refractivity contribution in [2.24, 2.45) is 0 Å². The minimum atomic E-state index is -0.111. The van der Waals surface area contributed by atoms with E-state index in [-0.39, 0.29) is 11.8 Å². The van der Waals surface area contributed by atoms with E-state index in [1.807, 2.05) is 43.3 Å². The Hall–Kier alpha value is -2.27. The van der Waals surface area contributed by atoms with Crippen molar-refractivity contribution in [2.75, 3.05) is 19.8 Å². The molecule has 0 saturated heterocycles. The van der Waals surface area contributed by atoms with E-state index in [2.05, 4.69) is 5.32 Å². The van der Waals surface area contributed by atoms with Crippen LogP contribution in [-0.4, -0.2) is 36.6 Å². The molecule has 2 rings (SSSR count). The lowest BCUT2D eigenvalue weighted by molar-refractivity contribution is -0.127. The average Bonchev–Trinajstić information content (AvgIpc) is 2.60. The summed E-state index contributed by atoms with van der Waals surface area (Å²) in [7, 11) is 3.40. The van der Waals surface area contributed by atoms with Crippen LogP contribution in [0.3, 0.4) is 0 Å². The molecule has 0 aliphatic carbocycles. The summed E-state index contributed by atoms with van der Waals surface area (Å²) in [6, 6.07) is 15.4. The van der Waals surface area contributed by atoms with E-state index >= 15 is 0 Å². The van der Waals surface area contributed by atoms with E-state index in [4.69, 9.17) is 0 Å². The van der Waals surface area contributed by atoms with Gasteiger partial charge < -0.3 is 10.2 Å². The number of hydrogen-bond acceptors (Lipinski definition) is 3. The quantitative estimate of drug-likeness (QED) is 0.821. The van der Waals surface area contributed by atoms with Gasteiger partial charge in [0, 0.05) is 31.1 Å². The molecule has 2 aromatic rings. The van der Waals surface area contributed by atoms with E-state index in [1.165, 1.54) is 5.56 Å². The highest BCUT2D eigenvalue weighted by atomic mass is 32.2. The van der Waals surface area contributed by atoms with Crippen LogP contribution in [0.1, 0.15) is 21.5 Å². The third-order valence-electron chi connectivity index (χ3n) is 3.73. The first-order valence-electron chi connectivity index (χ1n) is 7.74. The van der Waals surface area contributed by atoms with E-state index in [9.17, 15) is 9.59 Å². The number of carbonyl (C=O) groups excluding carboxylic acids is 2. The SMILES string of the molecule is CNC(=O)c1ccc(CN(C)C(=O)CSc2ccccc2C)cc1. The van der Waals surface area contributed by atoms with Crippen LogP contribution in [0.15, 0.2) is 53.4 Å². The number of amides is 2. The molecule has 0 fully saturated rings. The van der Waals surface area contributed by atoms with Crippen LogP contribution >= 0.6 is 11.8 Å². The average molecular weight is 342 g/mol. The van der Waals surface area contributed by atoms with Crippen molar-refractivity contribution in [3.63, 3.8) is 0 Å². The van der Waals surface area contributed by atoms with E-state index in [0.29, 0.717) is 17.9 Å². The van der Waals surface area contributed by atoms with Crippen molar-refractivity contribution in [3.05, 3.63) is 65.2 Å². The lowest BCUT2D eigenvalue weighted by Crippen LogP contribution is -2.27. The Morgan fingerprint density at radius 1 is 1.08 bits per heavy atom. The second-order valence-corrected chi connectivity index (χ2v) is 6.60. The first kappa shape index (κ1) is 18.1. The Labute approximate surface area is 147 Å². The number of aryl methyl sites for hydroxylation is 1. The smallest absolute Gasteiger partial charge is 0.251 e. The Kier molecular flexibility index (Phi) is 6.44. The summed E-state index contributed by atoms with van der Waals surface area (Å²) < 4.78 is 0. The number of carbonyl (C=O) groups is 2. The van der Waals surface area contributed by atoms with E-state index in [0.717, 1.165) is 10.5 Å². The maximum absolute atomic E-state index is 12.3. The van der Waals surface area contributed by atoms with Gasteiger partial charge in [-0.1, -0.05) is 30.3 Å². The third-order valence-corrected chi connectivity index (χ3v) is 4.89.